The molecule has 1 rings (SSSR count). The third kappa shape index (κ3) is 5.51. The van der Waals surface area contributed by atoms with E-state index in [0.29, 0.717) is 6.54 Å². The van der Waals surface area contributed by atoms with Gasteiger partial charge in [0.2, 0.25) is 0 Å². The Morgan fingerprint density at radius 1 is 1.25 bits per heavy atom. The van der Waals surface area contributed by atoms with Gasteiger partial charge in [0.25, 0.3) is 0 Å². The van der Waals surface area contributed by atoms with Crippen molar-refractivity contribution in [1.29, 1.82) is 0 Å². The van der Waals surface area contributed by atoms with Crippen LogP contribution in [0.15, 0.2) is 24.3 Å². The number of anilines is 1. The average Bonchev–Trinajstić information content (AvgIpc) is 2.36. The molecule has 4 nitrogen and oxygen atoms in total. The lowest BCUT2D eigenvalue weighted by atomic mass is 10.2. The SMILES string of the molecule is CCN(CC)c1cccc(CNC(=O)OC(C)(C)C)c1. The molecule has 1 aromatic rings. The zero-order valence-corrected chi connectivity index (χ0v) is 13.2. The second-order valence-corrected chi connectivity index (χ2v) is 5.70. The van der Waals surface area contributed by atoms with Crippen molar-refractivity contribution in [1.82, 2.24) is 5.32 Å². The number of amides is 1. The first-order chi connectivity index (χ1) is 9.35. The van der Waals surface area contributed by atoms with E-state index < -0.39 is 5.60 Å². The van der Waals surface area contributed by atoms with Crippen molar-refractivity contribution >= 4 is 11.8 Å². The average molecular weight is 278 g/mol. The molecule has 4 heteroatoms. The van der Waals surface area contributed by atoms with E-state index in [1.54, 1.807) is 0 Å². The second kappa shape index (κ2) is 7.17. The highest BCUT2D eigenvalue weighted by atomic mass is 16.6. The molecular formula is C16H26N2O2. The molecule has 0 unspecified atom stereocenters. The maximum absolute atomic E-state index is 11.6. The molecule has 1 N–H and O–H groups in total. The summed E-state index contributed by atoms with van der Waals surface area (Å²) in [6.45, 7) is 12.3. The number of carbonyl (C=O) groups is 1. The van der Waals surface area contributed by atoms with Gasteiger partial charge in [-0.3, -0.25) is 0 Å². The molecule has 0 heterocycles. The molecule has 0 aliphatic carbocycles. The Morgan fingerprint density at radius 2 is 1.90 bits per heavy atom. The van der Waals surface area contributed by atoms with Gasteiger partial charge in [0.05, 0.1) is 0 Å². The normalized spacial score (nSPS) is 11.1. The number of hydrogen-bond acceptors (Lipinski definition) is 3. The van der Waals surface area contributed by atoms with Crippen LogP contribution < -0.4 is 10.2 Å². The molecule has 1 amide bonds. The summed E-state index contributed by atoms with van der Waals surface area (Å²) in [7, 11) is 0. The maximum Gasteiger partial charge on any atom is 0.407 e. The third-order valence-electron chi connectivity index (χ3n) is 2.87. The van der Waals surface area contributed by atoms with E-state index in [2.05, 4.69) is 36.2 Å². The van der Waals surface area contributed by atoms with Crippen LogP contribution in [0.1, 0.15) is 40.2 Å². The molecule has 20 heavy (non-hydrogen) atoms. The van der Waals surface area contributed by atoms with Crippen molar-refractivity contribution < 1.29 is 9.53 Å². The Bertz CT molecular complexity index is 434. The monoisotopic (exact) mass is 278 g/mol. The number of rotatable bonds is 5. The zero-order valence-electron chi connectivity index (χ0n) is 13.2. The van der Waals surface area contributed by atoms with Crippen LogP contribution in [0, 0.1) is 0 Å². The molecule has 0 aliphatic heterocycles. The van der Waals surface area contributed by atoms with E-state index in [1.165, 1.54) is 5.69 Å². The molecular weight excluding hydrogens is 252 g/mol. The predicted octanol–water partition coefficient (Wildman–Crippen LogP) is 3.56. The van der Waals surface area contributed by atoms with Gasteiger partial charge < -0.3 is 15.0 Å². The summed E-state index contributed by atoms with van der Waals surface area (Å²) in [5, 5.41) is 2.78. The smallest absolute Gasteiger partial charge is 0.407 e. The fraction of sp³-hybridized carbons (Fsp3) is 0.562. The number of ether oxygens (including phenoxy) is 1. The molecule has 0 saturated carbocycles. The van der Waals surface area contributed by atoms with Crippen molar-refractivity contribution in [3.8, 4) is 0 Å². The van der Waals surface area contributed by atoms with Gasteiger partial charge in [0.15, 0.2) is 0 Å². The van der Waals surface area contributed by atoms with E-state index in [4.69, 9.17) is 4.74 Å². The number of hydrogen-bond donors (Lipinski definition) is 1. The van der Waals surface area contributed by atoms with Crippen LogP contribution >= 0.6 is 0 Å². The summed E-state index contributed by atoms with van der Waals surface area (Å²) < 4.78 is 5.22. The first-order valence-electron chi connectivity index (χ1n) is 7.16. The van der Waals surface area contributed by atoms with E-state index in [9.17, 15) is 4.79 Å². The van der Waals surface area contributed by atoms with E-state index in [1.807, 2.05) is 32.9 Å². The standard InChI is InChI=1S/C16H26N2O2/c1-6-18(7-2)14-10-8-9-13(11-14)12-17-15(19)20-16(3,4)5/h8-11H,6-7,12H2,1-5H3,(H,17,19). The molecule has 112 valence electrons. The Balaban J connectivity index is 2.61. The minimum Gasteiger partial charge on any atom is -0.444 e. The molecule has 0 spiro atoms. The summed E-state index contributed by atoms with van der Waals surface area (Å²) in [5.74, 6) is 0. The minimum atomic E-state index is -0.465. The fourth-order valence-corrected chi connectivity index (χ4v) is 1.94. The Morgan fingerprint density at radius 3 is 2.45 bits per heavy atom. The van der Waals surface area contributed by atoms with Gasteiger partial charge in [-0.1, -0.05) is 12.1 Å². The maximum atomic E-state index is 11.6. The van der Waals surface area contributed by atoms with Gasteiger partial charge in [-0.15, -0.1) is 0 Å². The van der Waals surface area contributed by atoms with Gasteiger partial charge in [-0.2, -0.15) is 0 Å². The zero-order chi connectivity index (χ0) is 15.2. The van der Waals surface area contributed by atoms with Crippen molar-refractivity contribution in [3.05, 3.63) is 29.8 Å². The van der Waals surface area contributed by atoms with Crippen LogP contribution in [0.3, 0.4) is 0 Å². The molecule has 0 saturated heterocycles. The fourth-order valence-electron chi connectivity index (χ4n) is 1.94. The first kappa shape index (κ1) is 16.3. The summed E-state index contributed by atoms with van der Waals surface area (Å²) in [4.78, 5) is 13.9. The summed E-state index contributed by atoms with van der Waals surface area (Å²) >= 11 is 0. The Kier molecular flexibility index (Phi) is 5.86. The lowest BCUT2D eigenvalue weighted by Crippen LogP contribution is -2.32. The summed E-state index contributed by atoms with van der Waals surface area (Å²) in [6, 6.07) is 8.21. The van der Waals surface area contributed by atoms with Crippen LogP contribution in [-0.2, 0) is 11.3 Å². The van der Waals surface area contributed by atoms with Crippen LogP contribution in [-0.4, -0.2) is 24.8 Å². The molecule has 0 bridgehead atoms. The van der Waals surface area contributed by atoms with Crippen LogP contribution in [0.4, 0.5) is 10.5 Å². The summed E-state index contributed by atoms with van der Waals surface area (Å²) in [5.41, 5.74) is 1.78. The molecule has 0 atom stereocenters. The van der Waals surface area contributed by atoms with Crippen LogP contribution in [0.25, 0.3) is 0 Å². The Labute approximate surface area is 122 Å². The van der Waals surface area contributed by atoms with Crippen molar-refractivity contribution in [2.75, 3.05) is 18.0 Å². The number of nitrogens with one attached hydrogen (secondary N) is 1. The molecule has 0 fully saturated rings. The highest BCUT2D eigenvalue weighted by Gasteiger charge is 2.15. The van der Waals surface area contributed by atoms with E-state index in [0.717, 1.165) is 18.7 Å². The lowest BCUT2D eigenvalue weighted by Gasteiger charge is -2.22. The largest absolute Gasteiger partial charge is 0.444 e. The minimum absolute atomic E-state index is 0.384. The molecule has 1 aromatic carbocycles. The van der Waals surface area contributed by atoms with Gasteiger partial charge in [-0.05, 0) is 52.3 Å². The van der Waals surface area contributed by atoms with Gasteiger partial charge in [0, 0.05) is 25.3 Å². The number of alkyl carbamates (subject to hydrolysis) is 1. The highest BCUT2D eigenvalue weighted by Crippen LogP contribution is 2.16. The van der Waals surface area contributed by atoms with E-state index in [-0.39, 0.29) is 6.09 Å². The summed E-state index contributed by atoms with van der Waals surface area (Å²) in [6.07, 6.45) is -0.384. The van der Waals surface area contributed by atoms with Crippen LogP contribution in [0.2, 0.25) is 0 Å². The predicted molar refractivity (Wildman–Crippen MR) is 83.1 cm³/mol. The molecule has 0 aromatic heterocycles. The van der Waals surface area contributed by atoms with Crippen molar-refractivity contribution in [3.63, 3.8) is 0 Å². The van der Waals surface area contributed by atoms with Gasteiger partial charge in [0.1, 0.15) is 5.60 Å². The lowest BCUT2D eigenvalue weighted by molar-refractivity contribution is 0.0523. The first-order valence-corrected chi connectivity index (χ1v) is 7.16. The van der Waals surface area contributed by atoms with Crippen LogP contribution in [0.5, 0.6) is 0 Å². The van der Waals surface area contributed by atoms with Gasteiger partial charge >= 0.3 is 6.09 Å². The molecule has 0 aliphatic rings. The quantitative estimate of drug-likeness (QED) is 0.895. The second-order valence-electron chi connectivity index (χ2n) is 5.70. The highest BCUT2D eigenvalue weighted by molar-refractivity contribution is 5.67. The number of carbonyl (C=O) groups excluding carboxylic acids is 1. The van der Waals surface area contributed by atoms with E-state index >= 15 is 0 Å². The van der Waals surface area contributed by atoms with Crippen molar-refractivity contribution in [2.45, 2.75) is 46.8 Å². The Hall–Kier alpha value is -1.71. The topological polar surface area (TPSA) is 41.6 Å². The number of benzene rings is 1. The third-order valence-corrected chi connectivity index (χ3v) is 2.87. The van der Waals surface area contributed by atoms with Crippen molar-refractivity contribution in [2.24, 2.45) is 0 Å². The molecule has 0 radical (unpaired) electrons. The number of nitrogens with zero attached hydrogens (tertiary/aromatic N) is 1. The van der Waals surface area contributed by atoms with Gasteiger partial charge in [-0.25, -0.2) is 4.79 Å².